The zero-order chi connectivity index (χ0) is 21.0. The number of anilines is 2. The number of rotatable bonds is 6. The van der Waals surface area contributed by atoms with Crippen molar-refractivity contribution in [2.75, 3.05) is 56.2 Å². The summed E-state index contributed by atoms with van der Waals surface area (Å²) >= 11 is 0. The molecule has 2 saturated heterocycles. The van der Waals surface area contributed by atoms with Gasteiger partial charge in [0, 0.05) is 57.8 Å². The number of nitrogens with zero attached hydrogens (tertiary/aromatic N) is 2. The van der Waals surface area contributed by atoms with Crippen LogP contribution in [0.1, 0.15) is 76.7 Å². The summed E-state index contributed by atoms with van der Waals surface area (Å²) in [5.41, 5.74) is 5.17. The van der Waals surface area contributed by atoms with Gasteiger partial charge in [0.15, 0.2) is 0 Å². The number of hydrogen-bond donors (Lipinski definition) is 1. The molecule has 4 rings (SSSR count). The molecule has 0 bridgehead atoms. The maximum Gasteiger partial charge on any atom is 0.0605 e. The Kier molecular flexibility index (Phi) is 7.25. The van der Waals surface area contributed by atoms with Crippen molar-refractivity contribution in [3.05, 3.63) is 23.8 Å². The Morgan fingerprint density at radius 2 is 1.60 bits per heavy atom. The van der Waals surface area contributed by atoms with Crippen LogP contribution in [0.3, 0.4) is 0 Å². The summed E-state index contributed by atoms with van der Waals surface area (Å²) in [6.45, 7) is 11.5. The summed E-state index contributed by atoms with van der Waals surface area (Å²) in [6, 6.07) is 7.40. The highest BCUT2D eigenvalue weighted by atomic mass is 16.5. The van der Waals surface area contributed by atoms with Crippen molar-refractivity contribution in [1.82, 2.24) is 5.32 Å². The van der Waals surface area contributed by atoms with Gasteiger partial charge >= 0.3 is 0 Å². The number of methoxy groups -OCH3 is 1. The van der Waals surface area contributed by atoms with E-state index in [1.165, 1.54) is 49.9 Å². The van der Waals surface area contributed by atoms with Gasteiger partial charge in [-0.05, 0) is 73.6 Å². The maximum atomic E-state index is 5.59. The first kappa shape index (κ1) is 22.0. The summed E-state index contributed by atoms with van der Waals surface area (Å²) in [7, 11) is 1.86. The van der Waals surface area contributed by atoms with Gasteiger partial charge in [-0.2, -0.15) is 0 Å². The van der Waals surface area contributed by atoms with Gasteiger partial charge in [-0.25, -0.2) is 0 Å². The van der Waals surface area contributed by atoms with E-state index in [2.05, 4.69) is 47.2 Å². The molecule has 168 valence electrons. The molecule has 4 heteroatoms. The molecule has 4 nitrogen and oxygen atoms in total. The summed E-state index contributed by atoms with van der Waals surface area (Å²) in [5, 5.41) is 3.52. The number of benzene rings is 1. The average Bonchev–Trinajstić information content (AvgIpc) is 2.84. The molecule has 3 aliphatic rings. The van der Waals surface area contributed by atoms with E-state index in [-0.39, 0.29) is 0 Å². The third-order valence-electron chi connectivity index (χ3n) is 8.60. The second kappa shape index (κ2) is 9.91. The van der Waals surface area contributed by atoms with E-state index in [4.69, 9.17) is 4.74 Å². The standard InChI is InChI=1S/C26H43N3O/c1-4-26(5-2)12-8-21(9-13-26)24-20-22(28-16-10-23(30-3)11-17-28)6-7-25(24)29-18-14-27-15-19-29/h6-7,20-21,23,27H,4-5,8-19H2,1-3H3. The first-order valence-corrected chi connectivity index (χ1v) is 12.6. The smallest absolute Gasteiger partial charge is 0.0605 e. The van der Waals surface area contributed by atoms with E-state index < -0.39 is 0 Å². The van der Waals surface area contributed by atoms with Gasteiger partial charge in [-0.3, -0.25) is 0 Å². The highest BCUT2D eigenvalue weighted by Crippen LogP contribution is 2.49. The molecule has 1 aliphatic carbocycles. The van der Waals surface area contributed by atoms with Gasteiger partial charge in [0.05, 0.1) is 6.10 Å². The Morgan fingerprint density at radius 3 is 2.20 bits per heavy atom. The maximum absolute atomic E-state index is 5.59. The van der Waals surface area contributed by atoms with Crippen LogP contribution >= 0.6 is 0 Å². The van der Waals surface area contributed by atoms with E-state index in [0.717, 1.165) is 58.0 Å². The van der Waals surface area contributed by atoms with Crippen LogP contribution in [0.25, 0.3) is 0 Å². The van der Waals surface area contributed by atoms with Gasteiger partial charge in [0.1, 0.15) is 0 Å². The molecule has 3 fully saturated rings. The molecule has 2 aliphatic heterocycles. The van der Waals surface area contributed by atoms with Crippen LogP contribution in [0.2, 0.25) is 0 Å². The van der Waals surface area contributed by atoms with Crippen molar-refractivity contribution < 1.29 is 4.74 Å². The van der Waals surface area contributed by atoms with E-state index in [1.807, 2.05) is 7.11 Å². The van der Waals surface area contributed by atoms with E-state index >= 15 is 0 Å². The quantitative estimate of drug-likeness (QED) is 0.696. The lowest BCUT2D eigenvalue weighted by Gasteiger charge is -2.41. The number of piperidine rings is 1. The lowest BCUT2D eigenvalue weighted by Crippen LogP contribution is -2.44. The number of piperazine rings is 1. The molecule has 1 saturated carbocycles. The Balaban J connectivity index is 1.57. The molecule has 0 atom stereocenters. The summed E-state index contributed by atoms with van der Waals surface area (Å²) in [5.74, 6) is 0.720. The van der Waals surface area contributed by atoms with Crippen molar-refractivity contribution >= 4 is 11.4 Å². The zero-order valence-corrected chi connectivity index (χ0v) is 19.6. The fraction of sp³-hybridized carbons (Fsp3) is 0.769. The lowest BCUT2D eigenvalue weighted by molar-refractivity contribution is 0.0819. The molecule has 0 aromatic heterocycles. The van der Waals surface area contributed by atoms with Gasteiger partial charge < -0.3 is 19.9 Å². The van der Waals surface area contributed by atoms with Crippen molar-refractivity contribution in [2.45, 2.75) is 77.2 Å². The Hall–Kier alpha value is -1.26. The van der Waals surface area contributed by atoms with Crippen LogP contribution in [0.15, 0.2) is 18.2 Å². The first-order chi connectivity index (χ1) is 14.7. The van der Waals surface area contributed by atoms with Gasteiger partial charge in [-0.1, -0.05) is 26.7 Å². The van der Waals surface area contributed by atoms with Gasteiger partial charge in [0.2, 0.25) is 0 Å². The van der Waals surface area contributed by atoms with Crippen LogP contribution in [-0.2, 0) is 4.74 Å². The molecular weight excluding hydrogens is 370 g/mol. The normalized spacial score (nSPS) is 23.7. The van der Waals surface area contributed by atoms with Crippen LogP contribution in [0.5, 0.6) is 0 Å². The van der Waals surface area contributed by atoms with E-state index in [1.54, 1.807) is 5.56 Å². The fourth-order valence-electron chi connectivity index (χ4n) is 6.11. The Morgan fingerprint density at radius 1 is 0.933 bits per heavy atom. The molecule has 0 unspecified atom stereocenters. The molecule has 1 aromatic rings. The minimum atomic E-state index is 0.440. The van der Waals surface area contributed by atoms with Crippen molar-refractivity contribution in [3.8, 4) is 0 Å². The lowest BCUT2D eigenvalue weighted by atomic mass is 9.66. The number of hydrogen-bond acceptors (Lipinski definition) is 4. The zero-order valence-electron chi connectivity index (χ0n) is 19.6. The second-order valence-corrected chi connectivity index (χ2v) is 9.88. The molecule has 0 amide bonds. The minimum absolute atomic E-state index is 0.440. The number of nitrogens with one attached hydrogen (secondary N) is 1. The molecule has 1 aromatic carbocycles. The molecule has 2 heterocycles. The Bertz CT molecular complexity index is 663. The summed E-state index contributed by atoms with van der Waals surface area (Å²) < 4.78 is 5.59. The highest BCUT2D eigenvalue weighted by molar-refractivity contribution is 5.63. The molecular formula is C26H43N3O. The predicted molar refractivity (Wildman–Crippen MR) is 128 cm³/mol. The van der Waals surface area contributed by atoms with Crippen molar-refractivity contribution in [2.24, 2.45) is 5.41 Å². The molecule has 30 heavy (non-hydrogen) atoms. The van der Waals surface area contributed by atoms with E-state index in [0.29, 0.717) is 11.5 Å². The largest absolute Gasteiger partial charge is 0.381 e. The monoisotopic (exact) mass is 413 g/mol. The first-order valence-electron chi connectivity index (χ1n) is 12.6. The third-order valence-corrected chi connectivity index (χ3v) is 8.60. The summed E-state index contributed by atoms with van der Waals surface area (Å²) in [4.78, 5) is 5.22. The van der Waals surface area contributed by atoms with Crippen molar-refractivity contribution in [1.29, 1.82) is 0 Å². The Labute approximate surface area is 184 Å². The fourth-order valence-corrected chi connectivity index (χ4v) is 6.11. The molecule has 1 N–H and O–H groups in total. The minimum Gasteiger partial charge on any atom is -0.381 e. The van der Waals surface area contributed by atoms with Gasteiger partial charge in [-0.15, -0.1) is 0 Å². The third kappa shape index (κ3) is 4.65. The molecule has 0 spiro atoms. The topological polar surface area (TPSA) is 27.7 Å². The second-order valence-electron chi connectivity index (χ2n) is 9.88. The van der Waals surface area contributed by atoms with E-state index in [9.17, 15) is 0 Å². The highest BCUT2D eigenvalue weighted by Gasteiger charge is 2.34. The molecule has 0 radical (unpaired) electrons. The van der Waals surface area contributed by atoms with Crippen LogP contribution in [0.4, 0.5) is 11.4 Å². The van der Waals surface area contributed by atoms with Crippen molar-refractivity contribution in [3.63, 3.8) is 0 Å². The van der Waals surface area contributed by atoms with Crippen LogP contribution in [0, 0.1) is 5.41 Å². The number of ether oxygens (including phenoxy) is 1. The van der Waals surface area contributed by atoms with Gasteiger partial charge in [0.25, 0.3) is 0 Å². The predicted octanol–water partition coefficient (Wildman–Crippen LogP) is 5.18. The average molecular weight is 414 g/mol. The van der Waals surface area contributed by atoms with Crippen LogP contribution < -0.4 is 15.1 Å². The SMILES string of the molecule is CCC1(CC)CCC(c2cc(N3CCC(OC)CC3)ccc2N2CCNCC2)CC1. The summed E-state index contributed by atoms with van der Waals surface area (Å²) in [6.07, 6.45) is 10.9. The van der Waals surface area contributed by atoms with Crippen LogP contribution in [-0.4, -0.2) is 52.5 Å².